The van der Waals surface area contributed by atoms with E-state index in [0.29, 0.717) is 5.76 Å². The van der Waals surface area contributed by atoms with E-state index in [1.165, 1.54) is 5.57 Å². The van der Waals surface area contributed by atoms with Crippen LogP contribution in [-0.2, 0) is 6.42 Å². The molecular formula is C15H18O2. The third kappa shape index (κ3) is 2.41. The van der Waals surface area contributed by atoms with Gasteiger partial charge in [0.25, 0.3) is 0 Å². The normalized spacial score (nSPS) is 17.2. The lowest BCUT2D eigenvalue weighted by Gasteiger charge is -2.06. The number of allylic oxidation sites excluding steroid dienone is 4. The molecule has 0 N–H and O–H groups in total. The molecule has 90 valence electrons. The average Bonchev–Trinajstić information content (AvgIpc) is 2.66. The molecule has 2 nitrogen and oxygen atoms in total. The molecule has 1 heterocycles. The number of hydrogen-bond donors (Lipinski definition) is 0. The van der Waals surface area contributed by atoms with Crippen molar-refractivity contribution in [3.05, 3.63) is 46.4 Å². The van der Waals surface area contributed by atoms with Gasteiger partial charge in [0.2, 0.25) is 5.78 Å². The number of hydrogen-bond acceptors (Lipinski definition) is 2. The number of carbonyl (C=O) groups excluding carboxylic acids is 1. The lowest BCUT2D eigenvalue weighted by atomic mass is 9.98. The zero-order valence-electron chi connectivity index (χ0n) is 10.7. The molecule has 0 aliphatic heterocycles. The Morgan fingerprint density at radius 1 is 1.18 bits per heavy atom. The van der Waals surface area contributed by atoms with E-state index in [2.05, 4.69) is 13.0 Å². The molecule has 0 fully saturated rings. The van der Waals surface area contributed by atoms with Gasteiger partial charge in [-0.25, -0.2) is 0 Å². The SMILES string of the molecule is CC1=CCc2c(C)coc2C(=O)C(C)=CCC1. The van der Waals surface area contributed by atoms with Crippen molar-refractivity contribution in [3.8, 4) is 0 Å². The molecule has 1 aromatic rings. The molecular weight excluding hydrogens is 212 g/mol. The number of aryl methyl sites for hydroxylation is 1. The molecule has 0 spiro atoms. The first-order chi connectivity index (χ1) is 8.09. The molecule has 1 aliphatic rings. The van der Waals surface area contributed by atoms with Gasteiger partial charge >= 0.3 is 0 Å². The Bertz CT molecular complexity index is 501. The van der Waals surface area contributed by atoms with Crippen LogP contribution >= 0.6 is 0 Å². The molecule has 0 unspecified atom stereocenters. The van der Waals surface area contributed by atoms with E-state index in [4.69, 9.17) is 4.42 Å². The maximum atomic E-state index is 12.2. The van der Waals surface area contributed by atoms with Crippen LogP contribution in [0.2, 0.25) is 0 Å². The van der Waals surface area contributed by atoms with E-state index in [1.54, 1.807) is 6.26 Å². The number of rotatable bonds is 0. The average molecular weight is 230 g/mol. The summed E-state index contributed by atoms with van der Waals surface area (Å²) in [7, 11) is 0. The fourth-order valence-electron chi connectivity index (χ4n) is 2.08. The lowest BCUT2D eigenvalue weighted by Crippen LogP contribution is -2.04. The summed E-state index contributed by atoms with van der Waals surface area (Å²) in [4.78, 5) is 12.2. The Morgan fingerprint density at radius 2 is 1.94 bits per heavy atom. The number of carbonyl (C=O) groups is 1. The Morgan fingerprint density at radius 3 is 2.71 bits per heavy atom. The first-order valence-corrected chi connectivity index (χ1v) is 6.03. The van der Waals surface area contributed by atoms with Crippen LogP contribution in [-0.4, -0.2) is 5.78 Å². The van der Waals surface area contributed by atoms with Crippen LogP contribution in [0.15, 0.2) is 34.0 Å². The first-order valence-electron chi connectivity index (χ1n) is 6.03. The van der Waals surface area contributed by atoms with Crippen LogP contribution in [0, 0.1) is 6.92 Å². The third-order valence-electron chi connectivity index (χ3n) is 3.31. The number of furan rings is 1. The molecule has 1 aliphatic carbocycles. The molecule has 0 amide bonds. The lowest BCUT2D eigenvalue weighted by molar-refractivity contribution is 0.100. The summed E-state index contributed by atoms with van der Waals surface area (Å²) in [6.07, 6.45) is 8.63. The van der Waals surface area contributed by atoms with Crippen molar-refractivity contribution in [1.29, 1.82) is 0 Å². The van der Waals surface area contributed by atoms with Crippen LogP contribution in [0.1, 0.15) is 48.4 Å². The van der Waals surface area contributed by atoms with E-state index in [1.807, 2.05) is 19.9 Å². The quantitative estimate of drug-likeness (QED) is 0.630. The minimum Gasteiger partial charge on any atom is -0.460 e. The minimum atomic E-state index is 0.0288. The predicted octanol–water partition coefficient (Wildman–Crippen LogP) is 4.00. The Kier molecular flexibility index (Phi) is 3.32. The second kappa shape index (κ2) is 4.74. The van der Waals surface area contributed by atoms with E-state index >= 15 is 0 Å². The molecule has 0 saturated carbocycles. The highest BCUT2D eigenvalue weighted by Crippen LogP contribution is 2.23. The van der Waals surface area contributed by atoms with Gasteiger partial charge in [-0.15, -0.1) is 0 Å². The predicted molar refractivity (Wildman–Crippen MR) is 68.2 cm³/mol. The smallest absolute Gasteiger partial charge is 0.223 e. The molecule has 0 saturated heterocycles. The summed E-state index contributed by atoms with van der Waals surface area (Å²) >= 11 is 0. The van der Waals surface area contributed by atoms with Crippen molar-refractivity contribution in [3.63, 3.8) is 0 Å². The van der Waals surface area contributed by atoms with Crippen LogP contribution in [0.3, 0.4) is 0 Å². The fraction of sp³-hybridized carbons (Fsp3) is 0.400. The Balaban J connectivity index is 2.49. The summed E-state index contributed by atoms with van der Waals surface area (Å²) in [5.41, 5.74) is 4.25. The first kappa shape index (κ1) is 11.9. The van der Waals surface area contributed by atoms with Crippen LogP contribution in [0.25, 0.3) is 0 Å². The van der Waals surface area contributed by atoms with E-state index in [9.17, 15) is 4.79 Å². The Labute approximate surface area is 102 Å². The van der Waals surface area contributed by atoms with Gasteiger partial charge in [0.1, 0.15) is 0 Å². The fourth-order valence-corrected chi connectivity index (χ4v) is 2.08. The highest BCUT2D eigenvalue weighted by atomic mass is 16.3. The molecule has 2 rings (SSSR count). The zero-order valence-corrected chi connectivity index (χ0v) is 10.7. The van der Waals surface area contributed by atoms with Crippen molar-refractivity contribution in [2.45, 2.75) is 40.0 Å². The van der Waals surface area contributed by atoms with Gasteiger partial charge in [0.05, 0.1) is 6.26 Å². The van der Waals surface area contributed by atoms with E-state index < -0.39 is 0 Å². The largest absolute Gasteiger partial charge is 0.460 e. The standard InChI is InChI=1S/C15H18O2/c1-10-5-4-6-11(2)14(16)15-13(8-7-10)12(3)9-17-15/h6-7,9H,4-5,8H2,1-3H3. The molecule has 0 atom stereocenters. The van der Waals surface area contributed by atoms with Gasteiger partial charge < -0.3 is 4.42 Å². The summed E-state index contributed by atoms with van der Waals surface area (Å²) in [6, 6.07) is 0. The van der Waals surface area contributed by atoms with Gasteiger partial charge in [0, 0.05) is 5.56 Å². The second-order valence-corrected chi connectivity index (χ2v) is 4.74. The summed E-state index contributed by atoms with van der Waals surface area (Å²) in [5, 5.41) is 0. The molecule has 17 heavy (non-hydrogen) atoms. The molecule has 1 aromatic heterocycles. The topological polar surface area (TPSA) is 30.2 Å². The van der Waals surface area contributed by atoms with E-state index in [0.717, 1.165) is 36.0 Å². The maximum Gasteiger partial charge on any atom is 0.223 e. The number of ketones is 1. The summed E-state index contributed by atoms with van der Waals surface area (Å²) in [6.45, 7) is 6.00. The van der Waals surface area contributed by atoms with Crippen molar-refractivity contribution < 1.29 is 9.21 Å². The van der Waals surface area contributed by atoms with E-state index in [-0.39, 0.29) is 5.78 Å². The molecule has 2 heteroatoms. The van der Waals surface area contributed by atoms with Gasteiger partial charge in [-0.05, 0) is 51.2 Å². The number of Topliss-reactive ketones (excluding diaryl/α,β-unsaturated/α-hetero) is 1. The maximum absolute atomic E-state index is 12.2. The number of fused-ring (bicyclic) bond motifs is 1. The highest BCUT2D eigenvalue weighted by Gasteiger charge is 2.19. The zero-order chi connectivity index (χ0) is 12.4. The van der Waals surface area contributed by atoms with Crippen molar-refractivity contribution in [2.75, 3.05) is 0 Å². The third-order valence-corrected chi connectivity index (χ3v) is 3.31. The van der Waals surface area contributed by atoms with Crippen LogP contribution < -0.4 is 0 Å². The second-order valence-electron chi connectivity index (χ2n) is 4.74. The van der Waals surface area contributed by atoms with Gasteiger partial charge in [-0.2, -0.15) is 0 Å². The monoisotopic (exact) mass is 230 g/mol. The molecule has 0 bridgehead atoms. The van der Waals surface area contributed by atoms with Gasteiger partial charge in [0.15, 0.2) is 5.76 Å². The van der Waals surface area contributed by atoms with Crippen LogP contribution in [0.5, 0.6) is 0 Å². The minimum absolute atomic E-state index is 0.0288. The molecule has 0 radical (unpaired) electrons. The van der Waals surface area contributed by atoms with Crippen molar-refractivity contribution >= 4 is 5.78 Å². The van der Waals surface area contributed by atoms with Crippen molar-refractivity contribution in [2.24, 2.45) is 0 Å². The molecule has 0 aromatic carbocycles. The van der Waals surface area contributed by atoms with Crippen molar-refractivity contribution in [1.82, 2.24) is 0 Å². The summed E-state index contributed by atoms with van der Waals surface area (Å²) in [5.74, 6) is 0.545. The van der Waals surface area contributed by atoms with Gasteiger partial charge in [-0.3, -0.25) is 4.79 Å². The van der Waals surface area contributed by atoms with Crippen LogP contribution in [0.4, 0.5) is 0 Å². The highest BCUT2D eigenvalue weighted by molar-refractivity contribution is 6.07. The Hall–Kier alpha value is -1.57. The summed E-state index contributed by atoms with van der Waals surface area (Å²) < 4.78 is 5.42. The van der Waals surface area contributed by atoms with Gasteiger partial charge in [-0.1, -0.05) is 17.7 Å².